The van der Waals surface area contributed by atoms with Crippen LogP contribution in [-0.4, -0.2) is 47.8 Å². The normalized spacial score (nSPS) is 14.3. The molecular formula is C36H75N2O6P. The average Bonchev–Trinajstić information content (AvgIpc) is 3.02. The number of phosphoric acid groups is 1. The van der Waals surface area contributed by atoms with Gasteiger partial charge >= 0.3 is 7.82 Å². The van der Waals surface area contributed by atoms with Gasteiger partial charge in [0, 0.05) is 13.0 Å². The maximum absolute atomic E-state index is 12.7. The predicted molar refractivity (Wildman–Crippen MR) is 189 cm³/mol. The van der Waals surface area contributed by atoms with Crippen LogP contribution in [0.5, 0.6) is 0 Å². The molecule has 0 radical (unpaired) electrons. The number of carbonyl (C=O) groups is 1. The smallest absolute Gasteiger partial charge is 0.391 e. The van der Waals surface area contributed by atoms with Gasteiger partial charge in [0.2, 0.25) is 5.91 Å². The second-order valence-corrected chi connectivity index (χ2v) is 14.6. The van der Waals surface area contributed by atoms with Crippen molar-refractivity contribution in [1.82, 2.24) is 5.32 Å². The highest BCUT2D eigenvalue weighted by atomic mass is 31.2. The van der Waals surface area contributed by atoms with Crippen LogP contribution in [0.3, 0.4) is 0 Å². The van der Waals surface area contributed by atoms with Gasteiger partial charge in [0.25, 0.3) is 0 Å². The molecule has 0 bridgehead atoms. The fourth-order valence-electron chi connectivity index (χ4n) is 5.78. The van der Waals surface area contributed by atoms with E-state index in [2.05, 4.69) is 19.2 Å². The number of hydrogen-bond acceptors (Lipinski definition) is 6. The van der Waals surface area contributed by atoms with Crippen molar-refractivity contribution < 1.29 is 28.4 Å². The third-order valence-corrected chi connectivity index (χ3v) is 9.70. The molecule has 0 aliphatic carbocycles. The fourth-order valence-corrected chi connectivity index (χ4v) is 6.54. The average molecular weight is 663 g/mol. The Morgan fingerprint density at radius 2 is 1.02 bits per heavy atom. The summed E-state index contributed by atoms with van der Waals surface area (Å²) in [5.74, 6) is -0.161. The number of aliphatic hydroxyl groups excluding tert-OH is 1. The van der Waals surface area contributed by atoms with Crippen LogP contribution in [0.4, 0.5) is 0 Å². The largest absolute Gasteiger partial charge is 0.472 e. The molecule has 0 fully saturated rings. The molecule has 3 atom stereocenters. The summed E-state index contributed by atoms with van der Waals surface area (Å²) in [4.78, 5) is 22.5. The summed E-state index contributed by atoms with van der Waals surface area (Å²) in [6, 6.07) is -0.764. The lowest BCUT2D eigenvalue weighted by Gasteiger charge is -2.25. The Kier molecular flexibility index (Phi) is 33.0. The van der Waals surface area contributed by atoms with E-state index in [1.165, 1.54) is 128 Å². The monoisotopic (exact) mass is 663 g/mol. The summed E-state index contributed by atoms with van der Waals surface area (Å²) >= 11 is 0. The summed E-state index contributed by atoms with van der Waals surface area (Å²) in [6.07, 6.45) is 32.6. The molecule has 45 heavy (non-hydrogen) atoms. The SMILES string of the molecule is CCCCCCCCCCCCCCCCCCCCC(=O)NC(COP(=O)(O)OCCN)C(O)CCCCCCCCCC. The molecular weight excluding hydrogens is 587 g/mol. The minimum Gasteiger partial charge on any atom is -0.391 e. The van der Waals surface area contributed by atoms with E-state index >= 15 is 0 Å². The van der Waals surface area contributed by atoms with Gasteiger partial charge in [-0.25, -0.2) is 4.57 Å². The van der Waals surface area contributed by atoms with Gasteiger partial charge in [-0.3, -0.25) is 13.8 Å². The Labute approximate surface area is 278 Å². The fraction of sp³-hybridized carbons (Fsp3) is 0.972. The highest BCUT2D eigenvalue weighted by Crippen LogP contribution is 2.43. The summed E-state index contributed by atoms with van der Waals surface area (Å²) < 4.78 is 22.0. The van der Waals surface area contributed by atoms with E-state index in [4.69, 9.17) is 14.8 Å². The zero-order chi connectivity index (χ0) is 33.3. The van der Waals surface area contributed by atoms with Crippen LogP contribution >= 0.6 is 7.82 Å². The molecule has 0 heterocycles. The highest BCUT2D eigenvalue weighted by molar-refractivity contribution is 7.47. The molecule has 9 heteroatoms. The van der Waals surface area contributed by atoms with E-state index in [-0.39, 0.29) is 25.7 Å². The number of nitrogens with one attached hydrogen (secondary N) is 1. The number of amides is 1. The molecule has 3 unspecified atom stereocenters. The highest BCUT2D eigenvalue weighted by Gasteiger charge is 2.27. The van der Waals surface area contributed by atoms with Crippen LogP contribution in [0.15, 0.2) is 0 Å². The molecule has 0 rings (SSSR count). The maximum atomic E-state index is 12.7. The number of hydrogen-bond donors (Lipinski definition) is 4. The standard InChI is InChI=1S/C36H75N2O6P/c1-3-5-7-9-11-13-14-15-16-17-18-19-20-21-22-24-26-28-30-36(40)38-34(33-44-45(41,42)43-32-31-37)35(39)29-27-25-23-12-10-8-6-4-2/h34-35,39H,3-33,37H2,1-2H3,(H,38,40)(H,41,42). The zero-order valence-electron chi connectivity index (χ0n) is 29.6. The predicted octanol–water partition coefficient (Wildman–Crippen LogP) is 9.89. The molecule has 0 aromatic rings. The summed E-state index contributed by atoms with van der Waals surface area (Å²) in [6.45, 7) is 4.18. The third kappa shape index (κ3) is 31.8. The van der Waals surface area contributed by atoms with Crippen LogP contribution in [0.2, 0.25) is 0 Å². The lowest BCUT2D eigenvalue weighted by molar-refractivity contribution is -0.123. The Morgan fingerprint density at radius 1 is 0.644 bits per heavy atom. The van der Waals surface area contributed by atoms with Crippen LogP contribution in [0.25, 0.3) is 0 Å². The summed E-state index contributed by atoms with van der Waals surface area (Å²) in [7, 11) is -4.30. The van der Waals surface area contributed by atoms with Crippen LogP contribution in [0, 0.1) is 0 Å². The Bertz CT molecular complexity index is 684. The first-order valence-electron chi connectivity index (χ1n) is 19.2. The van der Waals surface area contributed by atoms with Crippen molar-refractivity contribution in [3.8, 4) is 0 Å². The number of unbranched alkanes of at least 4 members (excludes halogenated alkanes) is 24. The van der Waals surface area contributed by atoms with Gasteiger partial charge in [-0.05, 0) is 12.8 Å². The van der Waals surface area contributed by atoms with E-state index in [0.29, 0.717) is 12.8 Å². The number of rotatable bonds is 36. The van der Waals surface area contributed by atoms with Crippen molar-refractivity contribution in [2.24, 2.45) is 5.73 Å². The van der Waals surface area contributed by atoms with Crippen LogP contribution in [0.1, 0.15) is 194 Å². The molecule has 0 saturated heterocycles. The van der Waals surface area contributed by atoms with E-state index in [1.54, 1.807) is 0 Å². The lowest BCUT2D eigenvalue weighted by atomic mass is 10.0. The van der Waals surface area contributed by atoms with Crippen molar-refractivity contribution in [2.45, 2.75) is 206 Å². The second-order valence-electron chi connectivity index (χ2n) is 13.2. The Balaban J connectivity index is 4.07. The summed E-state index contributed by atoms with van der Waals surface area (Å²) in [5, 5.41) is 13.7. The van der Waals surface area contributed by atoms with Crippen LogP contribution < -0.4 is 11.1 Å². The van der Waals surface area contributed by atoms with Crippen molar-refractivity contribution in [3.63, 3.8) is 0 Å². The molecule has 0 aliphatic rings. The van der Waals surface area contributed by atoms with Crippen molar-refractivity contribution >= 4 is 13.7 Å². The minimum atomic E-state index is -4.30. The van der Waals surface area contributed by atoms with E-state index in [9.17, 15) is 19.4 Å². The van der Waals surface area contributed by atoms with Gasteiger partial charge in [0.15, 0.2) is 0 Å². The third-order valence-electron chi connectivity index (χ3n) is 8.71. The summed E-state index contributed by atoms with van der Waals surface area (Å²) in [5.41, 5.74) is 5.35. The van der Waals surface area contributed by atoms with Gasteiger partial charge in [0.1, 0.15) is 0 Å². The van der Waals surface area contributed by atoms with E-state index < -0.39 is 20.0 Å². The number of carbonyl (C=O) groups excluding carboxylic acids is 1. The first kappa shape index (κ1) is 44.5. The molecule has 0 aromatic heterocycles. The van der Waals surface area contributed by atoms with Gasteiger partial charge in [-0.1, -0.05) is 174 Å². The maximum Gasteiger partial charge on any atom is 0.472 e. The number of phosphoric ester groups is 1. The Hall–Kier alpha value is -0.500. The quantitative estimate of drug-likeness (QED) is 0.0388. The van der Waals surface area contributed by atoms with Crippen molar-refractivity contribution in [2.75, 3.05) is 19.8 Å². The van der Waals surface area contributed by atoms with Gasteiger partial charge < -0.3 is 21.1 Å². The van der Waals surface area contributed by atoms with E-state index in [0.717, 1.165) is 38.5 Å². The molecule has 0 aliphatic heterocycles. The molecule has 5 N–H and O–H groups in total. The molecule has 8 nitrogen and oxygen atoms in total. The molecule has 270 valence electrons. The topological polar surface area (TPSA) is 131 Å². The zero-order valence-corrected chi connectivity index (χ0v) is 30.5. The first-order chi connectivity index (χ1) is 21.9. The molecule has 0 saturated carbocycles. The Morgan fingerprint density at radius 3 is 1.42 bits per heavy atom. The van der Waals surface area contributed by atoms with Gasteiger partial charge in [0.05, 0.1) is 25.4 Å². The van der Waals surface area contributed by atoms with Gasteiger partial charge in [-0.2, -0.15) is 0 Å². The van der Waals surface area contributed by atoms with Crippen molar-refractivity contribution in [3.05, 3.63) is 0 Å². The molecule has 0 spiro atoms. The lowest BCUT2D eigenvalue weighted by Crippen LogP contribution is -2.46. The van der Waals surface area contributed by atoms with Crippen LogP contribution in [-0.2, 0) is 18.4 Å². The minimum absolute atomic E-state index is 0.0918. The van der Waals surface area contributed by atoms with Crippen molar-refractivity contribution in [1.29, 1.82) is 0 Å². The number of aliphatic hydroxyl groups is 1. The van der Waals surface area contributed by atoms with E-state index in [1.807, 2.05) is 0 Å². The second kappa shape index (κ2) is 33.4. The molecule has 0 aromatic carbocycles. The van der Waals surface area contributed by atoms with Gasteiger partial charge in [-0.15, -0.1) is 0 Å². The number of nitrogens with two attached hydrogens (primary N) is 1. The first-order valence-corrected chi connectivity index (χ1v) is 20.6. The molecule has 1 amide bonds.